The second kappa shape index (κ2) is 6.73. The summed E-state index contributed by atoms with van der Waals surface area (Å²) in [5, 5.41) is 13.5. The van der Waals surface area contributed by atoms with E-state index in [2.05, 4.69) is 24.1 Å². The molecule has 1 atom stereocenters. The fourth-order valence-corrected chi connectivity index (χ4v) is 2.27. The Kier molecular flexibility index (Phi) is 4.99. The predicted octanol–water partition coefficient (Wildman–Crippen LogP) is 3.93. The number of rotatable bonds is 5. The van der Waals surface area contributed by atoms with E-state index in [1.54, 1.807) is 6.07 Å². The molecule has 20 heavy (non-hydrogen) atoms. The lowest BCUT2D eigenvalue weighted by Gasteiger charge is -2.23. The molecule has 2 rings (SSSR count). The van der Waals surface area contributed by atoms with Gasteiger partial charge in [0.25, 0.3) is 0 Å². The Morgan fingerprint density at radius 2 is 1.85 bits per heavy atom. The largest absolute Gasteiger partial charge is 0.506 e. The van der Waals surface area contributed by atoms with Crippen LogP contribution < -0.4 is 5.32 Å². The normalized spacial score (nSPS) is 12.6. The molecule has 0 spiro atoms. The molecule has 0 aliphatic carbocycles. The average Bonchev–Trinajstić information content (AvgIpc) is 2.43. The molecule has 1 heterocycles. The van der Waals surface area contributed by atoms with E-state index in [-0.39, 0.29) is 11.8 Å². The molecule has 106 valence electrons. The zero-order chi connectivity index (χ0) is 14.5. The summed E-state index contributed by atoms with van der Waals surface area (Å²) in [6.07, 6.45) is 1.46. The first-order chi connectivity index (χ1) is 9.56. The van der Waals surface area contributed by atoms with Gasteiger partial charge in [-0.3, -0.25) is 4.98 Å². The zero-order valence-electron chi connectivity index (χ0n) is 11.7. The minimum Gasteiger partial charge on any atom is -0.506 e. The summed E-state index contributed by atoms with van der Waals surface area (Å²) in [5.74, 6) is 0.639. The van der Waals surface area contributed by atoms with Crippen molar-refractivity contribution >= 4 is 11.6 Å². The number of nitrogens with zero attached hydrogens (tertiary/aromatic N) is 1. The van der Waals surface area contributed by atoms with Gasteiger partial charge >= 0.3 is 0 Å². The SMILES string of the molecule is CC(C)C(NCc1ccc(O)cn1)c1ccc(Cl)cc1. The maximum atomic E-state index is 9.23. The molecule has 0 saturated heterocycles. The number of nitrogens with one attached hydrogen (secondary N) is 1. The third-order valence-electron chi connectivity index (χ3n) is 3.21. The number of hydrogen-bond donors (Lipinski definition) is 2. The van der Waals surface area contributed by atoms with Crippen molar-refractivity contribution in [1.82, 2.24) is 10.3 Å². The van der Waals surface area contributed by atoms with Crippen molar-refractivity contribution in [3.8, 4) is 5.75 Å². The monoisotopic (exact) mass is 290 g/mol. The minimum absolute atomic E-state index is 0.187. The molecule has 3 nitrogen and oxygen atoms in total. The van der Waals surface area contributed by atoms with Crippen LogP contribution in [0.5, 0.6) is 5.75 Å². The lowest BCUT2D eigenvalue weighted by atomic mass is 9.96. The molecule has 0 bridgehead atoms. The van der Waals surface area contributed by atoms with Crippen molar-refractivity contribution in [1.29, 1.82) is 0 Å². The summed E-state index contributed by atoms with van der Waals surface area (Å²) in [5.41, 5.74) is 2.12. The summed E-state index contributed by atoms with van der Waals surface area (Å²) in [6, 6.07) is 11.6. The van der Waals surface area contributed by atoms with E-state index in [0.717, 1.165) is 10.7 Å². The molecule has 2 aromatic rings. The Bertz CT molecular complexity index is 537. The van der Waals surface area contributed by atoms with Crippen molar-refractivity contribution < 1.29 is 5.11 Å². The summed E-state index contributed by atoms with van der Waals surface area (Å²) in [4.78, 5) is 4.18. The number of hydrogen-bond acceptors (Lipinski definition) is 3. The first-order valence-corrected chi connectivity index (χ1v) is 7.07. The van der Waals surface area contributed by atoms with Gasteiger partial charge in [-0.2, -0.15) is 0 Å². The van der Waals surface area contributed by atoms with E-state index in [1.165, 1.54) is 11.8 Å². The van der Waals surface area contributed by atoms with Crippen LogP contribution in [0.3, 0.4) is 0 Å². The third kappa shape index (κ3) is 3.95. The molecule has 1 unspecified atom stereocenters. The van der Waals surface area contributed by atoms with Gasteiger partial charge in [-0.25, -0.2) is 0 Å². The maximum Gasteiger partial charge on any atom is 0.133 e. The van der Waals surface area contributed by atoms with E-state index in [0.29, 0.717) is 12.5 Å². The molecule has 0 aliphatic rings. The topological polar surface area (TPSA) is 45.1 Å². The van der Waals surface area contributed by atoms with Crippen molar-refractivity contribution in [2.45, 2.75) is 26.4 Å². The smallest absolute Gasteiger partial charge is 0.133 e. The molecule has 0 amide bonds. The molecule has 2 N–H and O–H groups in total. The van der Waals surface area contributed by atoms with Crippen LogP contribution in [0.15, 0.2) is 42.6 Å². The average molecular weight is 291 g/mol. The highest BCUT2D eigenvalue weighted by atomic mass is 35.5. The quantitative estimate of drug-likeness (QED) is 0.877. The van der Waals surface area contributed by atoms with Crippen LogP contribution in [0, 0.1) is 5.92 Å². The Hall–Kier alpha value is -1.58. The predicted molar refractivity (Wildman–Crippen MR) is 81.8 cm³/mol. The van der Waals surface area contributed by atoms with Gasteiger partial charge in [0.15, 0.2) is 0 Å². The number of pyridine rings is 1. The molecule has 0 fully saturated rings. The Morgan fingerprint density at radius 1 is 1.15 bits per heavy atom. The van der Waals surface area contributed by atoms with Gasteiger partial charge in [-0.15, -0.1) is 0 Å². The number of benzene rings is 1. The zero-order valence-corrected chi connectivity index (χ0v) is 12.4. The Morgan fingerprint density at radius 3 is 2.40 bits per heavy atom. The molecule has 4 heteroatoms. The van der Waals surface area contributed by atoms with Crippen LogP contribution in [-0.4, -0.2) is 10.1 Å². The van der Waals surface area contributed by atoms with Crippen molar-refractivity contribution in [2.24, 2.45) is 5.92 Å². The van der Waals surface area contributed by atoms with Crippen LogP contribution in [0.1, 0.15) is 31.1 Å². The molecule has 1 aromatic heterocycles. The highest BCUT2D eigenvalue weighted by molar-refractivity contribution is 6.30. The first-order valence-electron chi connectivity index (χ1n) is 6.69. The van der Waals surface area contributed by atoms with Crippen molar-refractivity contribution in [3.63, 3.8) is 0 Å². The van der Waals surface area contributed by atoms with E-state index < -0.39 is 0 Å². The van der Waals surface area contributed by atoms with Crippen LogP contribution in [0.4, 0.5) is 0 Å². The number of aromatic hydroxyl groups is 1. The lowest BCUT2D eigenvalue weighted by Crippen LogP contribution is -2.25. The van der Waals surface area contributed by atoms with Gasteiger partial charge in [0.2, 0.25) is 0 Å². The summed E-state index contributed by atoms with van der Waals surface area (Å²) < 4.78 is 0. The van der Waals surface area contributed by atoms with Crippen LogP contribution in [0.25, 0.3) is 0 Å². The van der Waals surface area contributed by atoms with Crippen molar-refractivity contribution in [2.75, 3.05) is 0 Å². The number of halogens is 1. The minimum atomic E-state index is 0.187. The third-order valence-corrected chi connectivity index (χ3v) is 3.46. The second-order valence-corrected chi connectivity index (χ2v) is 5.60. The summed E-state index contributed by atoms with van der Waals surface area (Å²) in [7, 11) is 0. The van der Waals surface area contributed by atoms with Gasteiger partial charge in [0.1, 0.15) is 5.75 Å². The lowest BCUT2D eigenvalue weighted by molar-refractivity contribution is 0.408. The van der Waals surface area contributed by atoms with Gasteiger partial charge in [-0.05, 0) is 35.7 Å². The highest BCUT2D eigenvalue weighted by Crippen LogP contribution is 2.23. The molecule has 0 aliphatic heterocycles. The van der Waals surface area contributed by atoms with Gasteiger partial charge in [-0.1, -0.05) is 37.6 Å². The van der Waals surface area contributed by atoms with E-state index in [1.807, 2.05) is 30.3 Å². The van der Waals surface area contributed by atoms with Gasteiger partial charge < -0.3 is 10.4 Å². The maximum absolute atomic E-state index is 9.23. The standard InChI is InChI=1S/C16H19ClN2O/c1-11(2)16(12-3-5-13(17)6-4-12)19-9-14-7-8-15(20)10-18-14/h3-8,10-11,16,19-20H,9H2,1-2H3. The molecule has 0 radical (unpaired) electrons. The van der Waals surface area contributed by atoms with Crippen LogP contribution in [0.2, 0.25) is 5.02 Å². The van der Waals surface area contributed by atoms with Gasteiger partial charge in [0.05, 0.1) is 11.9 Å². The van der Waals surface area contributed by atoms with Crippen LogP contribution >= 0.6 is 11.6 Å². The fourth-order valence-electron chi connectivity index (χ4n) is 2.14. The molecular formula is C16H19ClN2O. The van der Waals surface area contributed by atoms with Crippen molar-refractivity contribution in [3.05, 3.63) is 58.9 Å². The van der Waals surface area contributed by atoms with E-state index in [9.17, 15) is 5.11 Å². The Labute approximate surface area is 124 Å². The number of aromatic nitrogens is 1. The highest BCUT2D eigenvalue weighted by Gasteiger charge is 2.15. The molecular weight excluding hydrogens is 272 g/mol. The van der Waals surface area contributed by atoms with Crippen LogP contribution in [-0.2, 0) is 6.54 Å². The fraction of sp³-hybridized carbons (Fsp3) is 0.312. The first kappa shape index (κ1) is 14.8. The Balaban J connectivity index is 2.06. The van der Waals surface area contributed by atoms with E-state index >= 15 is 0 Å². The summed E-state index contributed by atoms with van der Waals surface area (Å²) >= 11 is 5.93. The summed E-state index contributed by atoms with van der Waals surface area (Å²) in [6.45, 7) is 5.01. The molecule has 1 aromatic carbocycles. The second-order valence-electron chi connectivity index (χ2n) is 5.16. The molecule has 0 saturated carbocycles. The van der Waals surface area contributed by atoms with Gasteiger partial charge in [0, 0.05) is 17.6 Å². The van der Waals surface area contributed by atoms with E-state index in [4.69, 9.17) is 11.6 Å².